The molecule has 0 atom stereocenters. The number of H-pyrrole nitrogens is 1. The van der Waals surface area contributed by atoms with Crippen molar-refractivity contribution in [1.82, 2.24) is 10.2 Å². The molecule has 0 saturated heterocycles. The molecule has 0 spiro atoms. The third-order valence-electron chi connectivity index (χ3n) is 2.47. The molecule has 0 aliphatic rings. The molecule has 76 valence electrons. The summed E-state index contributed by atoms with van der Waals surface area (Å²) in [6, 6.07) is 0. The number of hydrogen-bond donors (Lipinski definition) is 1. The molecule has 0 aromatic carbocycles. The average Bonchev–Trinajstić information content (AvgIpc) is 2.72. The second-order valence-electron chi connectivity index (χ2n) is 3.40. The molecule has 0 aliphatic carbocycles. The largest absolute Gasteiger partial charge is 0.285 e. The monoisotopic (exact) mass is 190 g/mol. The molecule has 2 heteroatoms. The van der Waals surface area contributed by atoms with Crippen LogP contribution in [0, 0.1) is 0 Å². The predicted molar refractivity (Wildman–Crippen MR) is 60.9 cm³/mol. The maximum absolute atomic E-state index is 4.01. The molecule has 0 saturated carbocycles. The maximum atomic E-state index is 4.01. The zero-order valence-corrected chi connectivity index (χ0v) is 9.01. The molecule has 2 nitrogen and oxygen atoms in total. The van der Waals surface area contributed by atoms with Gasteiger partial charge in [0.05, 0.1) is 6.20 Å². The molecule has 0 unspecified atom stereocenters. The van der Waals surface area contributed by atoms with Crippen LogP contribution < -0.4 is 0 Å². The summed E-state index contributed by atoms with van der Waals surface area (Å²) in [5.41, 5.74) is 3.84. The Kier molecular flexibility index (Phi) is 4.17. The third-order valence-corrected chi connectivity index (χ3v) is 2.47. The number of aromatic amines is 1. The van der Waals surface area contributed by atoms with Crippen LogP contribution in [-0.2, 0) is 0 Å². The molecule has 1 heterocycles. The molecule has 14 heavy (non-hydrogen) atoms. The zero-order valence-electron chi connectivity index (χ0n) is 9.01. The molecule has 0 fully saturated rings. The van der Waals surface area contributed by atoms with Gasteiger partial charge in [-0.2, -0.15) is 5.10 Å². The van der Waals surface area contributed by atoms with Gasteiger partial charge in [-0.3, -0.25) is 5.10 Å². The first-order valence-electron chi connectivity index (χ1n) is 5.09. The Bertz CT molecular complexity index is 307. The van der Waals surface area contributed by atoms with Gasteiger partial charge in [0.1, 0.15) is 0 Å². The highest BCUT2D eigenvalue weighted by Crippen LogP contribution is 2.21. The van der Waals surface area contributed by atoms with Crippen molar-refractivity contribution in [3.8, 4) is 0 Å². The van der Waals surface area contributed by atoms with Gasteiger partial charge in [-0.25, -0.2) is 0 Å². The number of allylic oxidation sites excluding steroid dienone is 3. The van der Waals surface area contributed by atoms with Crippen LogP contribution in [0.15, 0.2) is 30.6 Å². The highest BCUT2D eigenvalue weighted by Gasteiger charge is 2.02. The SMILES string of the molecule is C=C(CC)CCC(=CC)c1cn[nH]c1. The van der Waals surface area contributed by atoms with Crippen molar-refractivity contribution in [2.24, 2.45) is 0 Å². The minimum atomic E-state index is 1.06. The molecule has 0 aliphatic heterocycles. The molecular formula is C12H18N2. The standard InChI is InChI=1S/C12H18N2/c1-4-10(3)6-7-11(5-2)12-8-13-14-9-12/h5,8-9H,3-4,6-7H2,1-2H3,(H,13,14). The molecule has 1 N–H and O–H groups in total. The molecule has 1 aromatic heterocycles. The summed E-state index contributed by atoms with van der Waals surface area (Å²) < 4.78 is 0. The molecule has 1 rings (SSSR count). The summed E-state index contributed by atoms with van der Waals surface area (Å²) in [7, 11) is 0. The Morgan fingerprint density at radius 1 is 1.57 bits per heavy atom. The highest BCUT2D eigenvalue weighted by molar-refractivity contribution is 5.64. The van der Waals surface area contributed by atoms with E-state index in [9.17, 15) is 0 Å². The van der Waals surface area contributed by atoms with E-state index >= 15 is 0 Å². The Morgan fingerprint density at radius 3 is 2.86 bits per heavy atom. The first kappa shape index (κ1) is 10.8. The summed E-state index contributed by atoms with van der Waals surface area (Å²) >= 11 is 0. The van der Waals surface area contributed by atoms with Crippen LogP contribution in [-0.4, -0.2) is 10.2 Å². The van der Waals surface area contributed by atoms with Gasteiger partial charge in [-0.15, -0.1) is 0 Å². The number of nitrogens with one attached hydrogen (secondary N) is 1. The van der Waals surface area contributed by atoms with Crippen LogP contribution >= 0.6 is 0 Å². The Hall–Kier alpha value is -1.31. The van der Waals surface area contributed by atoms with Crippen molar-refractivity contribution in [2.45, 2.75) is 33.1 Å². The van der Waals surface area contributed by atoms with Crippen LogP contribution in [0.1, 0.15) is 38.7 Å². The van der Waals surface area contributed by atoms with E-state index in [4.69, 9.17) is 0 Å². The van der Waals surface area contributed by atoms with Gasteiger partial charge >= 0.3 is 0 Å². The maximum Gasteiger partial charge on any atom is 0.0562 e. The van der Waals surface area contributed by atoms with Crippen LogP contribution in [0.3, 0.4) is 0 Å². The second-order valence-corrected chi connectivity index (χ2v) is 3.40. The summed E-state index contributed by atoms with van der Waals surface area (Å²) in [6.07, 6.45) is 9.15. The van der Waals surface area contributed by atoms with E-state index in [1.807, 2.05) is 12.4 Å². The van der Waals surface area contributed by atoms with Gasteiger partial charge in [-0.1, -0.05) is 25.2 Å². The van der Waals surface area contributed by atoms with E-state index in [0.29, 0.717) is 0 Å². The van der Waals surface area contributed by atoms with Gasteiger partial charge in [0, 0.05) is 11.8 Å². The second kappa shape index (κ2) is 5.43. The van der Waals surface area contributed by atoms with Crippen molar-refractivity contribution in [3.05, 3.63) is 36.2 Å². The molecule has 1 aromatic rings. The van der Waals surface area contributed by atoms with Crippen LogP contribution in [0.4, 0.5) is 0 Å². The van der Waals surface area contributed by atoms with E-state index in [1.165, 1.54) is 16.7 Å². The topological polar surface area (TPSA) is 28.7 Å². The van der Waals surface area contributed by atoms with E-state index in [2.05, 4.69) is 36.7 Å². The zero-order chi connectivity index (χ0) is 10.4. The lowest BCUT2D eigenvalue weighted by Crippen LogP contribution is -1.85. The van der Waals surface area contributed by atoms with Gasteiger partial charge in [0.2, 0.25) is 0 Å². The number of rotatable bonds is 5. The highest BCUT2D eigenvalue weighted by atomic mass is 15.1. The fourth-order valence-electron chi connectivity index (χ4n) is 1.37. The van der Waals surface area contributed by atoms with Gasteiger partial charge in [-0.05, 0) is 31.8 Å². The molecule has 0 bridgehead atoms. The lowest BCUT2D eigenvalue weighted by atomic mass is 10.0. The minimum absolute atomic E-state index is 1.06. The number of nitrogens with zero attached hydrogens (tertiary/aromatic N) is 1. The summed E-state index contributed by atoms with van der Waals surface area (Å²) in [5, 5.41) is 6.78. The smallest absolute Gasteiger partial charge is 0.0562 e. The average molecular weight is 190 g/mol. The Labute approximate surface area is 85.7 Å². The quantitative estimate of drug-likeness (QED) is 0.706. The first-order chi connectivity index (χ1) is 6.77. The Balaban J connectivity index is 2.54. The van der Waals surface area contributed by atoms with Gasteiger partial charge in [0.15, 0.2) is 0 Å². The summed E-state index contributed by atoms with van der Waals surface area (Å²) in [6.45, 7) is 8.22. The van der Waals surface area contributed by atoms with Crippen LogP contribution in [0.25, 0.3) is 5.57 Å². The lowest BCUT2D eigenvalue weighted by molar-refractivity contribution is 0.924. The molecule has 0 amide bonds. The van der Waals surface area contributed by atoms with Crippen molar-refractivity contribution in [1.29, 1.82) is 0 Å². The third kappa shape index (κ3) is 2.87. The lowest BCUT2D eigenvalue weighted by Gasteiger charge is -2.05. The summed E-state index contributed by atoms with van der Waals surface area (Å²) in [5.74, 6) is 0. The fraction of sp³-hybridized carbons (Fsp3) is 0.417. The Morgan fingerprint density at radius 2 is 2.36 bits per heavy atom. The van der Waals surface area contributed by atoms with Crippen LogP contribution in [0.2, 0.25) is 0 Å². The normalized spacial score (nSPS) is 11.7. The van der Waals surface area contributed by atoms with Crippen LogP contribution in [0.5, 0.6) is 0 Å². The molecule has 0 radical (unpaired) electrons. The van der Waals surface area contributed by atoms with E-state index in [1.54, 1.807) is 0 Å². The van der Waals surface area contributed by atoms with Gasteiger partial charge < -0.3 is 0 Å². The summed E-state index contributed by atoms with van der Waals surface area (Å²) in [4.78, 5) is 0. The van der Waals surface area contributed by atoms with Crippen molar-refractivity contribution in [2.75, 3.05) is 0 Å². The van der Waals surface area contributed by atoms with Crippen molar-refractivity contribution >= 4 is 5.57 Å². The van der Waals surface area contributed by atoms with Crippen molar-refractivity contribution < 1.29 is 0 Å². The van der Waals surface area contributed by atoms with Crippen molar-refractivity contribution in [3.63, 3.8) is 0 Å². The van der Waals surface area contributed by atoms with E-state index in [0.717, 1.165) is 19.3 Å². The first-order valence-corrected chi connectivity index (χ1v) is 5.09. The number of aromatic nitrogens is 2. The molecular weight excluding hydrogens is 172 g/mol. The van der Waals surface area contributed by atoms with E-state index in [-0.39, 0.29) is 0 Å². The predicted octanol–water partition coefficient (Wildman–Crippen LogP) is 3.56. The fourth-order valence-corrected chi connectivity index (χ4v) is 1.37. The van der Waals surface area contributed by atoms with E-state index < -0.39 is 0 Å². The van der Waals surface area contributed by atoms with Gasteiger partial charge in [0.25, 0.3) is 0 Å². The number of hydrogen-bond acceptors (Lipinski definition) is 1. The minimum Gasteiger partial charge on any atom is -0.285 e.